The van der Waals surface area contributed by atoms with Crippen molar-refractivity contribution in [1.29, 1.82) is 5.41 Å². The fourth-order valence-corrected chi connectivity index (χ4v) is 4.43. The van der Waals surface area contributed by atoms with Gasteiger partial charge in [-0.3, -0.25) is 10.0 Å². The summed E-state index contributed by atoms with van der Waals surface area (Å²) < 4.78 is 11.7. The van der Waals surface area contributed by atoms with Gasteiger partial charge in [0, 0.05) is 5.71 Å². The number of hydrogen-bond acceptors (Lipinski definition) is 8. The molecule has 0 spiro atoms. The standard InChI is InChI=1S/C26H34N6O2/c1-18-6-9-21(10-7-18)32-26(3,4)29-25-24(34-13-12-31(25)32)15-20-8-11-22(23(14-20)33-5)30(17-27)16-19(2)28/h6-11,14-15,28H,12-13,16-17,27H2,1-5H3. The number of aryl methyl sites for hydroxylation is 1. The molecule has 3 N–H and O–H groups in total. The summed E-state index contributed by atoms with van der Waals surface area (Å²) in [6.45, 7) is 10.1. The number of methoxy groups -OCH3 is 1. The zero-order chi connectivity index (χ0) is 24.5. The van der Waals surface area contributed by atoms with Gasteiger partial charge in [-0.2, -0.15) is 0 Å². The summed E-state index contributed by atoms with van der Waals surface area (Å²) in [7, 11) is 1.64. The maximum absolute atomic E-state index is 7.82. The van der Waals surface area contributed by atoms with Crippen molar-refractivity contribution in [3.8, 4) is 5.75 Å². The van der Waals surface area contributed by atoms with E-state index in [1.165, 1.54) is 5.56 Å². The topological polar surface area (TPSA) is 90.4 Å². The third-order valence-corrected chi connectivity index (χ3v) is 5.93. The lowest BCUT2D eigenvalue weighted by atomic mass is 10.1. The average Bonchev–Trinajstić information content (AvgIpc) is 3.09. The largest absolute Gasteiger partial charge is 0.495 e. The van der Waals surface area contributed by atoms with Crippen LogP contribution < -0.4 is 20.4 Å². The smallest absolute Gasteiger partial charge is 0.188 e. The first-order valence-electron chi connectivity index (χ1n) is 11.5. The highest BCUT2D eigenvalue weighted by atomic mass is 16.5. The first-order valence-corrected chi connectivity index (χ1v) is 11.5. The number of benzene rings is 2. The van der Waals surface area contributed by atoms with Crippen LogP contribution in [0.25, 0.3) is 6.08 Å². The Labute approximate surface area is 201 Å². The molecule has 8 heteroatoms. The van der Waals surface area contributed by atoms with E-state index in [1.54, 1.807) is 14.0 Å². The molecule has 0 radical (unpaired) electrons. The quantitative estimate of drug-likeness (QED) is 0.477. The van der Waals surface area contributed by atoms with Gasteiger partial charge in [0.05, 0.1) is 38.2 Å². The third kappa shape index (κ3) is 4.59. The monoisotopic (exact) mass is 462 g/mol. The van der Waals surface area contributed by atoms with Crippen molar-refractivity contribution in [1.82, 2.24) is 5.01 Å². The lowest BCUT2D eigenvalue weighted by Crippen LogP contribution is -2.52. The van der Waals surface area contributed by atoms with E-state index in [1.807, 2.05) is 29.2 Å². The summed E-state index contributed by atoms with van der Waals surface area (Å²) >= 11 is 0. The van der Waals surface area contributed by atoms with E-state index in [4.69, 9.17) is 25.6 Å². The lowest BCUT2D eigenvalue weighted by Gasteiger charge is -2.40. The van der Waals surface area contributed by atoms with Gasteiger partial charge >= 0.3 is 0 Å². The van der Waals surface area contributed by atoms with E-state index >= 15 is 0 Å². The molecule has 1 fully saturated rings. The number of nitrogens with zero attached hydrogens (tertiary/aromatic N) is 4. The van der Waals surface area contributed by atoms with E-state index < -0.39 is 5.66 Å². The van der Waals surface area contributed by atoms with Crippen molar-refractivity contribution in [3.05, 3.63) is 59.4 Å². The maximum Gasteiger partial charge on any atom is 0.188 e. The van der Waals surface area contributed by atoms with Crippen LogP contribution >= 0.6 is 0 Å². The molecule has 34 heavy (non-hydrogen) atoms. The Morgan fingerprint density at radius 1 is 1.26 bits per heavy atom. The molecule has 0 unspecified atom stereocenters. The Kier molecular flexibility index (Phi) is 6.52. The highest BCUT2D eigenvalue weighted by Gasteiger charge is 2.43. The van der Waals surface area contributed by atoms with Crippen molar-refractivity contribution in [2.45, 2.75) is 33.4 Å². The van der Waals surface area contributed by atoms with Crippen LogP contribution in [0.2, 0.25) is 0 Å². The predicted octanol–water partition coefficient (Wildman–Crippen LogP) is 4.01. The number of rotatable bonds is 7. The Morgan fingerprint density at radius 3 is 2.65 bits per heavy atom. The fourth-order valence-electron chi connectivity index (χ4n) is 4.43. The highest BCUT2D eigenvalue weighted by Crippen LogP contribution is 2.37. The van der Waals surface area contributed by atoms with Gasteiger partial charge in [-0.15, -0.1) is 0 Å². The summed E-state index contributed by atoms with van der Waals surface area (Å²) in [5.41, 5.74) is 10.2. The summed E-state index contributed by atoms with van der Waals surface area (Å²) in [4.78, 5) is 6.95. The molecule has 180 valence electrons. The lowest BCUT2D eigenvalue weighted by molar-refractivity contribution is 0.164. The van der Waals surface area contributed by atoms with Gasteiger partial charge in [-0.05, 0) is 63.6 Å². The van der Waals surface area contributed by atoms with Gasteiger partial charge in [0.1, 0.15) is 18.0 Å². The molecule has 0 atom stereocenters. The van der Waals surface area contributed by atoms with Gasteiger partial charge in [0.25, 0.3) is 0 Å². The molecule has 0 aromatic heterocycles. The van der Waals surface area contributed by atoms with Gasteiger partial charge < -0.3 is 25.5 Å². The Balaban J connectivity index is 1.66. The second kappa shape index (κ2) is 9.38. The van der Waals surface area contributed by atoms with E-state index in [9.17, 15) is 0 Å². The molecule has 0 amide bonds. The molecular formula is C26H34N6O2. The highest BCUT2D eigenvalue weighted by molar-refractivity contribution is 6.03. The number of hydrazine groups is 1. The van der Waals surface area contributed by atoms with Crippen LogP contribution in [-0.2, 0) is 4.74 Å². The number of fused-ring (bicyclic) bond motifs is 1. The first-order chi connectivity index (χ1) is 16.2. The molecule has 2 aliphatic rings. The second-order valence-corrected chi connectivity index (χ2v) is 9.15. The molecule has 0 saturated carbocycles. The summed E-state index contributed by atoms with van der Waals surface area (Å²) in [5, 5.41) is 12.3. The van der Waals surface area contributed by atoms with Crippen molar-refractivity contribution < 1.29 is 9.47 Å². The normalized spacial score (nSPS) is 17.8. The van der Waals surface area contributed by atoms with Gasteiger partial charge in [0.15, 0.2) is 11.6 Å². The minimum absolute atomic E-state index is 0.297. The van der Waals surface area contributed by atoms with Gasteiger partial charge in [0.2, 0.25) is 0 Å². The van der Waals surface area contributed by atoms with Crippen LogP contribution in [0.15, 0.2) is 53.2 Å². The molecule has 1 saturated heterocycles. The fraction of sp³-hybridized carbons (Fsp3) is 0.385. The molecule has 0 bridgehead atoms. The number of nitrogens with two attached hydrogens (primary N) is 1. The number of morpholine rings is 1. The number of nitrogens with one attached hydrogen (secondary N) is 1. The number of ether oxygens (including phenoxy) is 2. The van der Waals surface area contributed by atoms with Crippen LogP contribution in [-0.4, -0.2) is 55.7 Å². The molecule has 2 heterocycles. The van der Waals surface area contributed by atoms with Gasteiger partial charge in [-0.1, -0.05) is 23.8 Å². The summed E-state index contributed by atoms with van der Waals surface area (Å²) in [6.07, 6.45) is 2.00. The molecular weight excluding hydrogens is 428 g/mol. The minimum Gasteiger partial charge on any atom is -0.495 e. The Hall–Kier alpha value is -3.52. The second-order valence-electron chi connectivity index (χ2n) is 9.15. The zero-order valence-corrected chi connectivity index (χ0v) is 20.6. The van der Waals surface area contributed by atoms with Crippen molar-refractivity contribution in [2.75, 3.05) is 43.4 Å². The van der Waals surface area contributed by atoms with E-state index in [-0.39, 0.29) is 0 Å². The Morgan fingerprint density at radius 2 is 2.00 bits per heavy atom. The summed E-state index contributed by atoms with van der Waals surface area (Å²) in [5.74, 6) is 2.25. The summed E-state index contributed by atoms with van der Waals surface area (Å²) in [6, 6.07) is 14.5. The average molecular weight is 463 g/mol. The number of hydrogen-bond donors (Lipinski definition) is 2. The maximum atomic E-state index is 7.82. The van der Waals surface area contributed by atoms with Crippen LogP contribution in [0.3, 0.4) is 0 Å². The van der Waals surface area contributed by atoms with E-state index in [0.29, 0.717) is 31.3 Å². The number of anilines is 2. The number of amidine groups is 1. The first kappa shape index (κ1) is 23.6. The number of aliphatic imine (C=N–C) groups is 1. The zero-order valence-electron chi connectivity index (χ0n) is 20.6. The van der Waals surface area contributed by atoms with Crippen molar-refractivity contribution in [2.24, 2.45) is 10.7 Å². The minimum atomic E-state index is -0.439. The van der Waals surface area contributed by atoms with Crippen LogP contribution in [0.1, 0.15) is 31.9 Å². The van der Waals surface area contributed by atoms with Crippen molar-refractivity contribution in [3.63, 3.8) is 0 Å². The SMILES string of the molecule is COc1cc(C=C2OCCN3C2=NC(C)(C)N3c2ccc(C)cc2)ccc1N(CN)CC(C)=N. The predicted molar refractivity (Wildman–Crippen MR) is 139 cm³/mol. The van der Waals surface area contributed by atoms with E-state index in [2.05, 4.69) is 55.1 Å². The molecule has 4 rings (SSSR count). The van der Waals surface area contributed by atoms with Crippen LogP contribution in [0, 0.1) is 12.3 Å². The third-order valence-electron chi connectivity index (χ3n) is 5.93. The molecule has 0 aliphatic carbocycles. The van der Waals surface area contributed by atoms with Crippen LogP contribution in [0.5, 0.6) is 5.75 Å². The molecule has 2 aromatic carbocycles. The molecule has 8 nitrogen and oxygen atoms in total. The Bertz CT molecular complexity index is 1120. The van der Waals surface area contributed by atoms with Crippen molar-refractivity contribution >= 4 is 29.0 Å². The van der Waals surface area contributed by atoms with Gasteiger partial charge in [-0.25, -0.2) is 4.99 Å². The molecule has 2 aliphatic heterocycles. The van der Waals surface area contributed by atoms with E-state index in [0.717, 1.165) is 35.1 Å². The molecule has 2 aromatic rings. The van der Waals surface area contributed by atoms with Crippen LogP contribution in [0.4, 0.5) is 11.4 Å².